The molecule has 0 fully saturated rings. The molecule has 1 aliphatic carbocycles. The molecule has 6 N–H and O–H groups in total. The molecule has 1 aliphatic rings. The number of halogens is 3. The van der Waals surface area contributed by atoms with Crippen LogP contribution in [0.15, 0.2) is 40.8 Å². The van der Waals surface area contributed by atoms with Gasteiger partial charge in [0.1, 0.15) is 6.10 Å². The third-order valence-electron chi connectivity index (χ3n) is 4.28. The molecule has 0 radical (unpaired) electrons. The Morgan fingerprint density at radius 3 is 2.50 bits per heavy atom. The Morgan fingerprint density at radius 2 is 1.90 bits per heavy atom. The van der Waals surface area contributed by atoms with Gasteiger partial charge in [-0.2, -0.15) is 13.2 Å². The lowest BCUT2D eigenvalue weighted by Crippen LogP contribution is -2.51. The molecule has 0 spiro atoms. The van der Waals surface area contributed by atoms with E-state index in [0.717, 1.165) is 18.2 Å². The Bertz CT molecular complexity index is 948. The van der Waals surface area contributed by atoms with E-state index in [1.807, 2.05) is 4.72 Å². The van der Waals surface area contributed by atoms with Crippen molar-refractivity contribution in [3.63, 3.8) is 0 Å². The number of carbonyl (C=O) groups is 2. The second kappa shape index (κ2) is 9.12. The SMILES string of the molecule is NC(=O)CCNC(=O)C1=CC(NS(=O)(=O)c2cccc(C(F)(F)F)c2)C(O)C(O)C1. The van der Waals surface area contributed by atoms with Gasteiger partial charge in [0.15, 0.2) is 0 Å². The van der Waals surface area contributed by atoms with Gasteiger partial charge in [-0.25, -0.2) is 13.1 Å². The van der Waals surface area contributed by atoms with Crippen LogP contribution in [0.3, 0.4) is 0 Å². The summed E-state index contributed by atoms with van der Waals surface area (Å²) < 4.78 is 65.5. The van der Waals surface area contributed by atoms with Crippen LogP contribution in [-0.2, 0) is 25.8 Å². The van der Waals surface area contributed by atoms with E-state index in [4.69, 9.17) is 5.73 Å². The number of carbonyl (C=O) groups excluding carboxylic acids is 2. The first-order valence-electron chi connectivity index (χ1n) is 8.64. The van der Waals surface area contributed by atoms with Gasteiger partial charge < -0.3 is 21.3 Å². The fourth-order valence-corrected chi connectivity index (χ4v) is 3.98. The summed E-state index contributed by atoms with van der Waals surface area (Å²) in [7, 11) is -4.53. The molecule has 9 nitrogen and oxygen atoms in total. The van der Waals surface area contributed by atoms with Gasteiger partial charge in [-0.05, 0) is 18.2 Å². The predicted octanol–water partition coefficient (Wildman–Crippen LogP) is -0.604. The van der Waals surface area contributed by atoms with Crippen LogP contribution in [0.1, 0.15) is 18.4 Å². The molecule has 0 saturated heterocycles. The number of alkyl halides is 3. The van der Waals surface area contributed by atoms with Crippen LogP contribution in [0, 0.1) is 0 Å². The van der Waals surface area contributed by atoms with E-state index < -0.39 is 56.7 Å². The molecule has 0 saturated carbocycles. The molecule has 0 aliphatic heterocycles. The maximum absolute atomic E-state index is 12.8. The van der Waals surface area contributed by atoms with Crippen molar-refractivity contribution < 1.29 is 41.4 Å². The minimum absolute atomic E-state index is 0.0750. The maximum atomic E-state index is 12.8. The van der Waals surface area contributed by atoms with Crippen LogP contribution in [0.5, 0.6) is 0 Å². The van der Waals surface area contributed by atoms with Crippen LogP contribution in [0.2, 0.25) is 0 Å². The van der Waals surface area contributed by atoms with Gasteiger partial charge in [0.25, 0.3) is 0 Å². The van der Waals surface area contributed by atoms with E-state index in [9.17, 15) is 41.4 Å². The molecule has 3 unspecified atom stereocenters. The van der Waals surface area contributed by atoms with Crippen LogP contribution in [0.4, 0.5) is 13.2 Å². The average molecular weight is 451 g/mol. The van der Waals surface area contributed by atoms with E-state index >= 15 is 0 Å². The van der Waals surface area contributed by atoms with Gasteiger partial charge >= 0.3 is 6.18 Å². The van der Waals surface area contributed by atoms with Crippen LogP contribution < -0.4 is 15.8 Å². The molecule has 0 heterocycles. The zero-order valence-electron chi connectivity index (χ0n) is 15.4. The third-order valence-corrected chi connectivity index (χ3v) is 5.74. The van der Waals surface area contributed by atoms with Gasteiger partial charge in [0.05, 0.1) is 22.6 Å². The van der Waals surface area contributed by atoms with Crippen molar-refractivity contribution in [2.75, 3.05) is 6.54 Å². The van der Waals surface area contributed by atoms with Crippen molar-refractivity contribution >= 4 is 21.8 Å². The summed E-state index contributed by atoms with van der Waals surface area (Å²) in [4.78, 5) is 22.2. The quantitative estimate of drug-likeness (QED) is 0.372. The smallest absolute Gasteiger partial charge is 0.390 e. The second-order valence-corrected chi connectivity index (χ2v) is 8.31. The van der Waals surface area contributed by atoms with Gasteiger partial charge in [-0.1, -0.05) is 12.1 Å². The number of amides is 2. The van der Waals surface area contributed by atoms with Crippen LogP contribution >= 0.6 is 0 Å². The van der Waals surface area contributed by atoms with Gasteiger partial charge in [-0.3, -0.25) is 9.59 Å². The lowest BCUT2D eigenvalue weighted by molar-refractivity contribution is -0.137. The number of aliphatic hydroxyl groups excluding tert-OH is 2. The monoisotopic (exact) mass is 451 g/mol. The van der Waals surface area contributed by atoms with Gasteiger partial charge in [0.2, 0.25) is 21.8 Å². The number of hydrogen-bond donors (Lipinski definition) is 5. The van der Waals surface area contributed by atoms with E-state index in [-0.39, 0.29) is 25.0 Å². The van der Waals surface area contributed by atoms with E-state index in [0.29, 0.717) is 12.1 Å². The Morgan fingerprint density at radius 1 is 1.23 bits per heavy atom. The molecule has 1 aromatic carbocycles. The minimum Gasteiger partial charge on any atom is -0.390 e. The number of benzene rings is 1. The summed E-state index contributed by atoms with van der Waals surface area (Å²) in [6, 6.07) is 1.49. The van der Waals surface area contributed by atoms with Crippen molar-refractivity contribution in [1.82, 2.24) is 10.0 Å². The Balaban J connectivity index is 2.24. The van der Waals surface area contributed by atoms with Crippen LogP contribution in [-0.4, -0.2) is 55.2 Å². The maximum Gasteiger partial charge on any atom is 0.416 e. The molecule has 30 heavy (non-hydrogen) atoms. The normalized spacial score (nSPS) is 22.3. The fourth-order valence-electron chi connectivity index (χ4n) is 2.74. The Kier molecular flexibility index (Phi) is 7.23. The first kappa shape index (κ1) is 23.8. The first-order chi connectivity index (χ1) is 13.8. The number of nitrogens with two attached hydrogens (primary N) is 1. The number of sulfonamides is 1. The topological polar surface area (TPSA) is 159 Å². The number of hydrogen-bond acceptors (Lipinski definition) is 6. The second-order valence-electron chi connectivity index (χ2n) is 6.60. The molecule has 0 bridgehead atoms. The molecule has 1 aromatic rings. The number of rotatable bonds is 7. The predicted molar refractivity (Wildman–Crippen MR) is 97.1 cm³/mol. The number of nitrogens with one attached hydrogen (secondary N) is 2. The highest BCUT2D eigenvalue weighted by molar-refractivity contribution is 7.89. The van der Waals surface area contributed by atoms with E-state index in [1.54, 1.807) is 0 Å². The minimum atomic E-state index is -4.76. The largest absolute Gasteiger partial charge is 0.416 e. The zero-order chi connectivity index (χ0) is 22.7. The van der Waals surface area contributed by atoms with Gasteiger partial charge in [0, 0.05) is 25.0 Å². The molecule has 0 aromatic heterocycles. The lowest BCUT2D eigenvalue weighted by atomic mass is 9.90. The van der Waals surface area contributed by atoms with Crippen molar-refractivity contribution in [2.24, 2.45) is 5.73 Å². The number of aliphatic hydroxyl groups is 2. The highest BCUT2D eigenvalue weighted by Gasteiger charge is 2.36. The summed E-state index contributed by atoms with van der Waals surface area (Å²) in [5.74, 6) is -1.37. The summed E-state index contributed by atoms with van der Waals surface area (Å²) >= 11 is 0. The average Bonchev–Trinajstić information content (AvgIpc) is 2.64. The lowest BCUT2D eigenvalue weighted by Gasteiger charge is -2.30. The van der Waals surface area contributed by atoms with Crippen molar-refractivity contribution in [2.45, 2.75) is 42.2 Å². The molecular weight excluding hydrogens is 431 g/mol. The molecule has 3 atom stereocenters. The summed E-state index contributed by atoms with van der Waals surface area (Å²) in [6.45, 7) is -0.0925. The molecule has 2 rings (SSSR count). The highest BCUT2D eigenvalue weighted by Crippen LogP contribution is 2.30. The van der Waals surface area contributed by atoms with E-state index in [2.05, 4.69) is 5.32 Å². The molecule has 13 heteroatoms. The van der Waals surface area contributed by atoms with Gasteiger partial charge in [-0.15, -0.1) is 0 Å². The summed E-state index contributed by atoms with van der Waals surface area (Å²) in [5.41, 5.74) is 3.70. The zero-order valence-corrected chi connectivity index (χ0v) is 16.2. The fraction of sp³-hybridized carbons (Fsp3) is 0.412. The number of primary amides is 1. The molecule has 2 amide bonds. The molecular formula is C17H20F3N3O6S. The van der Waals surface area contributed by atoms with Crippen LogP contribution in [0.25, 0.3) is 0 Å². The summed E-state index contributed by atoms with van der Waals surface area (Å²) in [6.07, 6.45) is -7.31. The molecule has 166 valence electrons. The van der Waals surface area contributed by atoms with Crippen molar-refractivity contribution in [1.29, 1.82) is 0 Å². The van der Waals surface area contributed by atoms with Crippen molar-refractivity contribution in [3.8, 4) is 0 Å². The standard InChI is InChI=1S/C17H20F3N3O6S/c18-17(19,20)10-2-1-3-11(8-10)30(28,29)23-12-6-9(7-13(24)15(12)26)16(27)22-5-4-14(21)25/h1-3,6,8,12-13,15,23-24,26H,4-5,7H2,(H2,21,25)(H,22,27). The van der Waals surface area contributed by atoms with Crippen molar-refractivity contribution in [3.05, 3.63) is 41.5 Å². The summed E-state index contributed by atoms with van der Waals surface area (Å²) in [5, 5.41) is 22.4. The first-order valence-corrected chi connectivity index (χ1v) is 10.1. The van der Waals surface area contributed by atoms with E-state index in [1.165, 1.54) is 0 Å². The Labute approximate surface area is 169 Å². The highest BCUT2D eigenvalue weighted by atomic mass is 32.2. The third kappa shape index (κ3) is 6.01. The Hall–Kier alpha value is -2.48.